The molecule has 0 atom stereocenters. The van der Waals surface area contributed by atoms with Crippen LogP contribution in [0.4, 0.5) is 0 Å². The third kappa shape index (κ3) is 46.4. The highest BCUT2D eigenvalue weighted by Gasteiger charge is 2.39. The van der Waals surface area contributed by atoms with Crippen molar-refractivity contribution in [2.45, 2.75) is 273 Å². The van der Waals surface area contributed by atoms with Crippen molar-refractivity contribution in [2.75, 3.05) is 53.7 Å². The second-order valence-electron chi connectivity index (χ2n) is 21.8. The summed E-state index contributed by atoms with van der Waals surface area (Å²) in [6.07, 6.45) is 32.6. The fraction of sp³-hybridized carbons (Fsp3) is 0.885. The molecule has 0 aromatic carbocycles. The van der Waals surface area contributed by atoms with Crippen LogP contribution in [0.15, 0.2) is 0 Å². The number of carbonyl (C=O) groups is 7. The van der Waals surface area contributed by atoms with Gasteiger partial charge in [-0.05, 0) is 77.4 Å². The lowest BCUT2D eigenvalue weighted by Gasteiger charge is -2.32. The zero-order valence-corrected chi connectivity index (χ0v) is 49.7. The van der Waals surface area contributed by atoms with Crippen LogP contribution in [0.5, 0.6) is 0 Å². The van der Waals surface area contributed by atoms with E-state index in [0.29, 0.717) is 19.4 Å². The lowest BCUT2D eigenvalue weighted by molar-refractivity contribution is -0.172. The summed E-state index contributed by atoms with van der Waals surface area (Å²) < 4.78 is 28.7. The van der Waals surface area contributed by atoms with Gasteiger partial charge < -0.3 is 38.8 Å². The minimum Gasteiger partial charge on any atom is -0.481 e. The summed E-state index contributed by atoms with van der Waals surface area (Å²) in [5, 5.41) is 17.3. The van der Waals surface area contributed by atoms with Crippen LogP contribution < -0.4 is 0 Å². The number of carbonyl (C=O) groups excluding carboxylic acids is 5. The molecule has 0 saturated carbocycles. The summed E-state index contributed by atoms with van der Waals surface area (Å²) in [5.74, 6) is -6.07. The van der Waals surface area contributed by atoms with Crippen LogP contribution in [-0.4, -0.2) is 111 Å². The SMILES string of the molecule is CCCCCCCCCC(C(=O)O)C(=O)O.CCCCCCCCCOC(=O)CC(=O)OCC(COC(=O)CCCN(C)C)(COC(=O)CC(CCCCC)CCCCC)COC(=O)CC(CCCCC)CCCCC. The minimum absolute atomic E-state index is 0.159. The van der Waals surface area contributed by atoms with Crippen molar-refractivity contribution >= 4 is 41.8 Å². The number of aliphatic carboxylic acids is 2. The van der Waals surface area contributed by atoms with Crippen molar-refractivity contribution in [1.29, 1.82) is 0 Å². The highest BCUT2D eigenvalue weighted by molar-refractivity contribution is 5.92. The van der Waals surface area contributed by atoms with E-state index in [-0.39, 0.29) is 63.9 Å². The molecular weight excluding hydrogens is 971 g/mol. The van der Waals surface area contributed by atoms with Gasteiger partial charge in [0.2, 0.25) is 0 Å². The molecule has 0 aliphatic heterocycles. The van der Waals surface area contributed by atoms with Crippen LogP contribution in [0.25, 0.3) is 0 Å². The quantitative estimate of drug-likeness (QED) is 0.0251. The van der Waals surface area contributed by atoms with E-state index in [4.69, 9.17) is 33.9 Å². The van der Waals surface area contributed by atoms with E-state index < -0.39 is 66.1 Å². The highest BCUT2D eigenvalue weighted by Crippen LogP contribution is 2.27. The Labute approximate surface area is 462 Å². The molecule has 0 aliphatic rings. The summed E-state index contributed by atoms with van der Waals surface area (Å²) in [7, 11) is 3.85. The molecule has 0 rings (SSSR count). The third-order valence-corrected chi connectivity index (χ3v) is 13.9. The maximum absolute atomic E-state index is 13.5. The molecule has 0 heterocycles. The van der Waals surface area contributed by atoms with Crippen molar-refractivity contribution in [3.05, 3.63) is 0 Å². The summed E-state index contributed by atoms with van der Waals surface area (Å²) >= 11 is 0. The lowest BCUT2D eigenvalue weighted by atomic mass is 9.90. The van der Waals surface area contributed by atoms with Crippen molar-refractivity contribution in [2.24, 2.45) is 23.2 Å². The van der Waals surface area contributed by atoms with Crippen molar-refractivity contribution in [3.63, 3.8) is 0 Å². The standard InChI is InChI=1S/C49H91NO10.C12H22O4/c1-8-13-18-19-20-21-26-34-56-47(54)37-48(55)60-41-49(38-57-44(51)32-27-33-50(6)7,39-58-45(52)35-42(28-22-14-9-2)29-23-15-10-3)40-59-46(53)36-43(30-24-16-11-4)31-25-17-12-5;1-2-3-4-5-6-7-8-9-10(11(13)14)12(15)16/h42-43H,8-41H2,1-7H3;10H,2-9H2,1H3,(H,13,14)(H,15,16). The number of rotatable bonds is 52. The van der Waals surface area contributed by atoms with E-state index in [1.807, 2.05) is 19.0 Å². The zero-order valence-electron chi connectivity index (χ0n) is 49.7. The van der Waals surface area contributed by atoms with Crippen LogP contribution in [0, 0.1) is 23.2 Å². The topological polar surface area (TPSA) is 209 Å². The smallest absolute Gasteiger partial charge is 0.317 e. The van der Waals surface area contributed by atoms with E-state index >= 15 is 0 Å². The third-order valence-electron chi connectivity index (χ3n) is 13.9. The van der Waals surface area contributed by atoms with Gasteiger partial charge in [-0.2, -0.15) is 0 Å². The van der Waals surface area contributed by atoms with Gasteiger partial charge in [0.1, 0.15) is 38.3 Å². The monoisotopic (exact) mass is 1080 g/mol. The maximum atomic E-state index is 13.5. The second kappa shape index (κ2) is 52.0. The predicted octanol–water partition coefficient (Wildman–Crippen LogP) is 14.4. The molecular formula is C61H113NO14. The number of esters is 5. The van der Waals surface area contributed by atoms with E-state index in [9.17, 15) is 33.6 Å². The number of carboxylic acid groups (broad SMARTS) is 2. The van der Waals surface area contributed by atoms with E-state index in [1.165, 1.54) is 44.9 Å². The Bertz CT molecular complexity index is 1390. The van der Waals surface area contributed by atoms with E-state index in [2.05, 4.69) is 41.5 Å². The van der Waals surface area contributed by atoms with E-state index in [1.54, 1.807) is 0 Å². The van der Waals surface area contributed by atoms with Crippen LogP contribution in [0.1, 0.15) is 273 Å². The van der Waals surface area contributed by atoms with Crippen LogP contribution in [-0.2, 0) is 57.2 Å². The predicted molar refractivity (Wildman–Crippen MR) is 302 cm³/mol. The number of hydrogen-bond donors (Lipinski definition) is 2. The first-order valence-electron chi connectivity index (χ1n) is 30.4. The minimum atomic E-state index is -1.39. The molecule has 76 heavy (non-hydrogen) atoms. The first kappa shape index (κ1) is 74.3. The molecule has 0 amide bonds. The van der Waals surface area contributed by atoms with Gasteiger partial charge in [-0.15, -0.1) is 0 Å². The molecule has 0 bridgehead atoms. The molecule has 0 saturated heterocycles. The van der Waals surface area contributed by atoms with Gasteiger partial charge in [-0.3, -0.25) is 33.6 Å². The number of unbranched alkanes of at least 4 members (excludes halogenated alkanes) is 20. The average molecular weight is 1080 g/mol. The summed E-state index contributed by atoms with van der Waals surface area (Å²) in [6, 6.07) is 0. The highest BCUT2D eigenvalue weighted by atomic mass is 16.6. The van der Waals surface area contributed by atoms with Crippen molar-refractivity contribution in [3.8, 4) is 0 Å². The molecule has 0 unspecified atom stereocenters. The molecule has 0 aromatic rings. The second-order valence-corrected chi connectivity index (χ2v) is 21.8. The Kier molecular flexibility index (Phi) is 50.8. The van der Waals surface area contributed by atoms with Gasteiger partial charge >= 0.3 is 41.8 Å². The molecule has 446 valence electrons. The lowest BCUT2D eigenvalue weighted by Crippen LogP contribution is -2.44. The van der Waals surface area contributed by atoms with Gasteiger partial charge in [0, 0.05) is 19.3 Å². The molecule has 0 spiro atoms. The van der Waals surface area contributed by atoms with Gasteiger partial charge in [0.05, 0.1) is 6.61 Å². The normalized spacial score (nSPS) is 11.4. The molecule has 2 N–H and O–H groups in total. The van der Waals surface area contributed by atoms with Crippen LogP contribution in [0.2, 0.25) is 0 Å². The maximum Gasteiger partial charge on any atom is 0.317 e. The molecule has 15 heteroatoms. The number of ether oxygens (including phenoxy) is 5. The Morgan fingerprint density at radius 3 is 1.08 bits per heavy atom. The van der Waals surface area contributed by atoms with E-state index in [0.717, 1.165) is 141 Å². The van der Waals surface area contributed by atoms with Gasteiger partial charge in [0.25, 0.3) is 0 Å². The molecule has 0 aromatic heterocycles. The molecule has 0 fully saturated rings. The Hall–Kier alpha value is -3.75. The number of carboxylic acids is 2. The molecule has 0 radical (unpaired) electrons. The first-order valence-corrected chi connectivity index (χ1v) is 30.4. The Morgan fingerprint density at radius 2 is 0.697 bits per heavy atom. The fourth-order valence-corrected chi connectivity index (χ4v) is 8.94. The summed E-state index contributed by atoms with van der Waals surface area (Å²) in [6.45, 7) is 12.6. The molecule has 0 aliphatic carbocycles. The molecule has 15 nitrogen and oxygen atoms in total. The van der Waals surface area contributed by atoms with Crippen LogP contribution >= 0.6 is 0 Å². The van der Waals surface area contributed by atoms with Crippen molar-refractivity contribution < 1.29 is 67.5 Å². The van der Waals surface area contributed by atoms with Crippen molar-refractivity contribution in [1.82, 2.24) is 4.90 Å². The average Bonchev–Trinajstić information content (AvgIpc) is 3.37. The first-order chi connectivity index (χ1) is 36.5. The number of hydrogen-bond acceptors (Lipinski definition) is 13. The summed E-state index contributed by atoms with van der Waals surface area (Å²) in [4.78, 5) is 88.9. The summed E-state index contributed by atoms with van der Waals surface area (Å²) in [5.41, 5.74) is -1.39. The van der Waals surface area contributed by atoms with Gasteiger partial charge in [-0.1, -0.05) is 202 Å². The Balaban J connectivity index is 0. The fourth-order valence-electron chi connectivity index (χ4n) is 8.94. The number of nitrogens with zero attached hydrogens (tertiary/aromatic N) is 1. The zero-order chi connectivity index (χ0) is 57.1. The van der Waals surface area contributed by atoms with Gasteiger partial charge in [0.15, 0.2) is 5.92 Å². The largest absolute Gasteiger partial charge is 0.481 e. The van der Waals surface area contributed by atoms with Crippen LogP contribution in [0.3, 0.4) is 0 Å². The van der Waals surface area contributed by atoms with Gasteiger partial charge in [-0.25, -0.2) is 0 Å². The Morgan fingerprint density at radius 1 is 0.382 bits per heavy atom.